The van der Waals surface area contributed by atoms with Gasteiger partial charge in [-0.05, 0) is 12.8 Å². The van der Waals surface area contributed by atoms with Gasteiger partial charge in [-0.15, -0.1) is 0 Å². The maximum Gasteiger partial charge on any atom is 0.332 e. The van der Waals surface area contributed by atoms with Crippen LogP contribution in [0.5, 0.6) is 0 Å². The minimum atomic E-state index is -0.304. The zero-order valence-corrected chi connectivity index (χ0v) is 13.2. The van der Waals surface area contributed by atoms with E-state index in [4.69, 9.17) is 0 Å². The molecule has 7 heteroatoms. The van der Waals surface area contributed by atoms with Crippen molar-refractivity contribution < 1.29 is 0 Å². The van der Waals surface area contributed by atoms with E-state index >= 15 is 0 Å². The molecule has 0 saturated heterocycles. The first-order chi connectivity index (χ1) is 10.6. The first-order valence-electron chi connectivity index (χ1n) is 7.94. The van der Waals surface area contributed by atoms with Crippen LogP contribution in [0.4, 0.5) is 0 Å². The molecule has 1 fully saturated rings. The monoisotopic (exact) mass is 305 g/mol. The lowest BCUT2D eigenvalue weighted by Gasteiger charge is -2.22. The molecular formula is C15H23N5O2. The van der Waals surface area contributed by atoms with Crippen molar-refractivity contribution >= 4 is 11.2 Å². The molecule has 3 rings (SSSR count). The molecule has 0 aromatic carbocycles. The van der Waals surface area contributed by atoms with Crippen molar-refractivity contribution in [2.24, 2.45) is 14.1 Å². The average Bonchev–Trinajstić information content (AvgIpc) is 2.91. The third-order valence-corrected chi connectivity index (χ3v) is 4.57. The van der Waals surface area contributed by atoms with Crippen molar-refractivity contribution in [1.82, 2.24) is 24.0 Å². The normalized spacial score (nSPS) is 16.5. The molecule has 120 valence electrons. The molecule has 2 aromatic heterocycles. The van der Waals surface area contributed by atoms with Crippen molar-refractivity contribution in [2.75, 3.05) is 6.54 Å². The molecule has 0 atom stereocenters. The molecule has 2 heterocycles. The first-order valence-corrected chi connectivity index (χ1v) is 7.94. The Morgan fingerprint density at radius 1 is 1.23 bits per heavy atom. The van der Waals surface area contributed by atoms with Gasteiger partial charge in [0.2, 0.25) is 0 Å². The fraction of sp³-hybridized carbons (Fsp3) is 0.667. The van der Waals surface area contributed by atoms with Crippen LogP contribution in [0.25, 0.3) is 11.2 Å². The zero-order valence-electron chi connectivity index (χ0n) is 13.2. The number of aryl methyl sites for hydroxylation is 2. The third-order valence-electron chi connectivity index (χ3n) is 4.57. The molecule has 22 heavy (non-hydrogen) atoms. The molecule has 1 N–H and O–H groups in total. The number of rotatable bonds is 4. The number of imidazole rings is 1. The predicted molar refractivity (Wildman–Crippen MR) is 85.1 cm³/mol. The second-order valence-electron chi connectivity index (χ2n) is 6.12. The van der Waals surface area contributed by atoms with Crippen molar-refractivity contribution in [3.63, 3.8) is 0 Å². The lowest BCUT2D eigenvalue weighted by atomic mass is 9.95. The van der Waals surface area contributed by atoms with E-state index in [1.165, 1.54) is 41.2 Å². The molecule has 0 bridgehead atoms. The summed E-state index contributed by atoms with van der Waals surface area (Å²) >= 11 is 0. The van der Waals surface area contributed by atoms with E-state index in [1.807, 2.05) is 0 Å². The van der Waals surface area contributed by atoms with Gasteiger partial charge in [0, 0.05) is 33.2 Å². The second-order valence-corrected chi connectivity index (χ2v) is 6.12. The fourth-order valence-electron chi connectivity index (χ4n) is 3.28. The molecule has 1 aliphatic carbocycles. The number of nitrogens with zero attached hydrogens (tertiary/aromatic N) is 4. The third kappa shape index (κ3) is 2.61. The largest absolute Gasteiger partial charge is 0.332 e. The van der Waals surface area contributed by atoms with Gasteiger partial charge in [-0.3, -0.25) is 13.9 Å². The van der Waals surface area contributed by atoms with Gasteiger partial charge in [0.25, 0.3) is 5.56 Å². The Bertz CT molecular complexity index is 780. The zero-order chi connectivity index (χ0) is 15.7. The second kappa shape index (κ2) is 6.08. The van der Waals surface area contributed by atoms with Crippen LogP contribution >= 0.6 is 0 Å². The molecule has 0 radical (unpaired) electrons. The van der Waals surface area contributed by atoms with E-state index in [2.05, 4.69) is 10.3 Å². The smallest absolute Gasteiger partial charge is 0.328 e. The molecule has 0 aliphatic heterocycles. The van der Waals surface area contributed by atoms with E-state index in [9.17, 15) is 9.59 Å². The minimum absolute atomic E-state index is 0.261. The summed E-state index contributed by atoms with van der Waals surface area (Å²) in [5.74, 6) is 0. The van der Waals surface area contributed by atoms with Gasteiger partial charge in [-0.2, -0.15) is 0 Å². The Balaban J connectivity index is 1.82. The molecule has 1 aliphatic rings. The van der Waals surface area contributed by atoms with Gasteiger partial charge in [0.1, 0.15) is 0 Å². The van der Waals surface area contributed by atoms with E-state index < -0.39 is 0 Å². The highest BCUT2D eigenvalue weighted by atomic mass is 16.2. The lowest BCUT2D eigenvalue weighted by Crippen LogP contribution is -2.43. The van der Waals surface area contributed by atoms with Crippen LogP contribution in [0.15, 0.2) is 15.9 Å². The van der Waals surface area contributed by atoms with Crippen LogP contribution in [-0.4, -0.2) is 31.3 Å². The maximum atomic E-state index is 12.5. The van der Waals surface area contributed by atoms with Crippen molar-refractivity contribution in [1.29, 1.82) is 0 Å². The van der Waals surface area contributed by atoms with Gasteiger partial charge >= 0.3 is 5.69 Å². The Hall–Kier alpha value is -1.89. The van der Waals surface area contributed by atoms with Crippen molar-refractivity contribution in [3.05, 3.63) is 27.2 Å². The number of hydrogen-bond acceptors (Lipinski definition) is 4. The highest BCUT2D eigenvalue weighted by molar-refractivity contribution is 5.69. The highest BCUT2D eigenvalue weighted by Crippen LogP contribution is 2.16. The summed E-state index contributed by atoms with van der Waals surface area (Å²) in [5.41, 5.74) is 0.346. The SMILES string of the molecule is Cn1cnc2c1c(=O)n(CCNC1CCCCC1)c(=O)n2C. The molecule has 0 unspecified atom stereocenters. The molecule has 1 saturated carbocycles. The highest BCUT2D eigenvalue weighted by Gasteiger charge is 2.16. The summed E-state index contributed by atoms with van der Waals surface area (Å²) in [4.78, 5) is 29.0. The Kier molecular flexibility index (Phi) is 4.15. The predicted octanol–water partition coefficient (Wildman–Crippen LogP) is 0.356. The van der Waals surface area contributed by atoms with Gasteiger partial charge in [-0.1, -0.05) is 19.3 Å². The van der Waals surface area contributed by atoms with Crippen LogP contribution in [0.2, 0.25) is 0 Å². The number of nitrogens with one attached hydrogen (secondary N) is 1. The van der Waals surface area contributed by atoms with Crippen molar-refractivity contribution in [2.45, 2.75) is 44.7 Å². The van der Waals surface area contributed by atoms with Crippen molar-refractivity contribution in [3.8, 4) is 0 Å². The summed E-state index contributed by atoms with van der Waals surface area (Å²) in [5, 5.41) is 3.47. The summed E-state index contributed by atoms with van der Waals surface area (Å²) in [6, 6.07) is 0.522. The van der Waals surface area contributed by atoms with Crippen LogP contribution in [-0.2, 0) is 20.6 Å². The van der Waals surface area contributed by atoms with Gasteiger partial charge in [0.15, 0.2) is 11.2 Å². The molecule has 2 aromatic rings. The van der Waals surface area contributed by atoms with Crippen LogP contribution in [0.3, 0.4) is 0 Å². The molecule has 7 nitrogen and oxygen atoms in total. The van der Waals surface area contributed by atoms with E-state index in [0.717, 1.165) is 0 Å². The van der Waals surface area contributed by atoms with Gasteiger partial charge in [0.05, 0.1) is 6.33 Å². The topological polar surface area (TPSA) is 73.8 Å². The molecule has 0 spiro atoms. The Morgan fingerprint density at radius 2 is 1.95 bits per heavy atom. The van der Waals surface area contributed by atoms with E-state index in [-0.39, 0.29) is 11.2 Å². The summed E-state index contributed by atoms with van der Waals surface area (Å²) < 4.78 is 4.42. The Labute approximate surface area is 128 Å². The molecule has 0 amide bonds. The molecular weight excluding hydrogens is 282 g/mol. The standard InChI is InChI=1S/C15H23N5O2/c1-18-10-17-13-12(18)14(21)20(15(22)19(13)2)9-8-16-11-6-4-3-5-7-11/h10-11,16H,3-9H2,1-2H3. The number of hydrogen-bond donors (Lipinski definition) is 1. The summed E-state index contributed by atoms with van der Waals surface area (Å²) in [6.45, 7) is 1.03. The fourth-order valence-corrected chi connectivity index (χ4v) is 3.28. The minimum Gasteiger partial charge on any atom is -0.328 e. The first kappa shape index (κ1) is 15.0. The van der Waals surface area contributed by atoms with E-state index in [1.54, 1.807) is 25.0 Å². The summed E-state index contributed by atoms with van der Waals surface area (Å²) in [7, 11) is 3.42. The quantitative estimate of drug-likeness (QED) is 0.885. The van der Waals surface area contributed by atoms with E-state index in [0.29, 0.717) is 30.3 Å². The van der Waals surface area contributed by atoms with Gasteiger partial charge in [-0.25, -0.2) is 9.78 Å². The van der Waals surface area contributed by atoms with Crippen LogP contribution in [0.1, 0.15) is 32.1 Å². The maximum absolute atomic E-state index is 12.5. The van der Waals surface area contributed by atoms with Crippen LogP contribution in [0, 0.1) is 0 Å². The lowest BCUT2D eigenvalue weighted by molar-refractivity contribution is 0.365. The average molecular weight is 305 g/mol. The van der Waals surface area contributed by atoms with Gasteiger partial charge < -0.3 is 9.88 Å². The summed E-state index contributed by atoms with van der Waals surface area (Å²) in [6.07, 6.45) is 7.79. The number of aromatic nitrogens is 4. The number of fused-ring (bicyclic) bond motifs is 1. The Morgan fingerprint density at radius 3 is 2.68 bits per heavy atom. The van der Waals surface area contributed by atoms with Crippen LogP contribution < -0.4 is 16.6 Å².